The summed E-state index contributed by atoms with van der Waals surface area (Å²) < 4.78 is 12.4. The number of rotatable bonds is 6. The highest BCUT2D eigenvalue weighted by Gasteiger charge is 2.24. The summed E-state index contributed by atoms with van der Waals surface area (Å²) in [6.07, 6.45) is 0.00179. The van der Waals surface area contributed by atoms with Gasteiger partial charge >= 0.3 is 6.09 Å². The number of amides is 1. The SMILES string of the molecule is COC(C)(C)CCn1c([C@H](C)NC(=O)OC(C)(C)C)nc2cccc(Cl)c2c1=O. The van der Waals surface area contributed by atoms with Crippen molar-refractivity contribution in [2.24, 2.45) is 0 Å². The van der Waals surface area contributed by atoms with Gasteiger partial charge in [0.25, 0.3) is 5.56 Å². The van der Waals surface area contributed by atoms with Crippen LogP contribution in [0.25, 0.3) is 10.9 Å². The van der Waals surface area contributed by atoms with Gasteiger partial charge in [-0.15, -0.1) is 0 Å². The summed E-state index contributed by atoms with van der Waals surface area (Å²) in [4.78, 5) is 30.1. The van der Waals surface area contributed by atoms with Crippen molar-refractivity contribution in [2.45, 2.75) is 71.8 Å². The van der Waals surface area contributed by atoms with Gasteiger partial charge in [-0.3, -0.25) is 9.36 Å². The second kappa shape index (κ2) is 8.71. The number of nitrogens with zero attached hydrogens (tertiary/aromatic N) is 2. The van der Waals surface area contributed by atoms with Gasteiger partial charge in [0.1, 0.15) is 11.4 Å². The lowest BCUT2D eigenvalue weighted by atomic mass is 10.1. The molecule has 1 N–H and O–H groups in total. The first-order chi connectivity index (χ1) is 13.3. The summed E-state index contributed by atoms with van der Waals surface area (Å²) in [6, 6.07) is 4.59. The van der Waals surface area contributed by atoms with Crippen LogP contribution in [-0.2, 0) is 16.0 Å². The van der Waals surface area contributed by atoms with Crippen LogP contribution >= 0.6 is 11.6 Å². The molecule has 7 nitrogen and oxygen atoms in total. The minimum Gasteiger partial charge on any atom is -0.444 e. The van der Waals surface area contributed by atoms with Crippen molar-refractivity contribution < 1.29 is 14.3 Å². The van der Waals surface area contributed by atoms with Crippen LogP contribution < -0.4 is 10.9 Å². The van der Waals surface area contributed by atoms with Crippen molar-refractivity contribution in [3.8, 4) is 0 Å². The molecule has 0 saturated heterocycles. The molecule has 2 rings (SSSR count). The molecule has 1 aromatic heterocycles. The fraction of sp³-hybridized carbons (Fsp3) is 0.571. The Kier molecular flexibility index (Phi) is 6.96. The molecule has 1 amide bonds. The highest BCUT2D eigenvalue weighted by molar-refractivity contribution is 6.35. The maximum atomic E-state index is 13.2. The molecule has 8 heteroatoms. The van der Waals surface area contributed by atoms with Gasteiger partial charge in [0, 0.05) is 13.7 Å². The lowest BCUT2D eigenvalue weighted by Crippen LogP contribution is -2.38. The fourth-order valence-corrected chi connectivity index (χ4v) is 3.07. The number of ether oxygens (including phenoxy) is 2. The van der Waals surface area contributed by atoms with Gasteiger partial charge in [-0.25, -0.2) is 9.78 Å². The van der Waals surface area contributed by atoms with E-state index >= 15 is 0 Å². The zero-order valence-corrected chi connectivity index (χ0v) is 18.9. The van der Waals surface area contributed by atoms with Gasteiger partial charge in [-0.2, -0.15) is 0 Å². The number of carbonyl (C=O) groups is 1. The first kappa shape index (κ1) is 23.2. The Morgan fingerprint density at radius 3 is 2.52 bits per heavy atom. The van der Waals surface area contributed by atoms with Gasteiger partial charge in [0.15, 0.2) is 0 Å². The van der Waals surface area contributed by atoms with E-state index in [1.54, 1.807) is 57.6 Å². The third-order valence-electron chi connectivity index (χ3n) is 4.57. The van der Waals surface area contributed by atoms with Crippen molar-refractivity contribution in [2.75, 3.05) is 7.11 Å². The highest BCUT2D eigenvalue weighted by atomic mass is 35.5. The topological polar surface area (TPSA) is 82.4 Å². The van der Waals surface area contributed by atoms with Crippen molar-refractivity contribution in [1.29, 1.82) is 0 Å². The predicted molar refractivity (Wildman–Crippen MR) is 115 cm³/mol. The Morgan fingerprint density at radius 1 is 1.28 bits per heavy atom. The second-order valence-electron chi connectivity index (χ2n) is 8.64. The Labute approximate surface area is 176 Å². The maximum absolute atomic E-state index is 13.2. The summed E-state index contributed by atoms with van der Waals surface area (Å²) in [5.41, 5.74) is -0.817. The molecule has 0 spiro atoms. The molecule has 0 aliphatic carbocycles. The number of benzene rings is 1. The van der Waals surface area contributed by atoms with Crippen LogP contribution in [0.1, 0.15) is 59.8 Å². The average molecular weight is 424 g/mol. The molecule has 1 aromatic carbocycles. The van der Waals surface area contributed by atoms with Crippen LogP contribution in [0.15, 0.2) is 23.0 Å². The Hall–Kier alpha value is -2.12. The third kappa shape index (κ3) is 5.93. The van der Waals surface area contributed by atoms with Gasteiger partial charge < -0.3 is 14.8 Å². The average Bonchev–Trinajstić information content (AvgIpc) is 2.58. The van der Waals surface area contributed by atoms with E-state index in [2.05, 4.69) is 10.3 Å². The molecule has 0 bridgehead atoms. The zero-order chi connectivity index (χ0) is 22.0. The summed E-state index contributed by atoms with van der Waals surface area (Å²) >= 11 is 6.27. The molecule has 0 saturated carbocycles. The Morgan fingerprint density at radius 2 is 1.93 bits per heavy atom. The number of aromatic nitrogens is 2. The molecular weight excluding hydrogens is 394 g/mol. The first-order valence-electron chi connectivity index (χ1n) is 9.58. The monoisotopic (exact) mass is 423 g/mol. The largest absolute Gasteiger partial charge is 0.444 e. The highest BCUT2D eigenvalue weighted by Crippen LogP contribution is 2.22. The van der Waals surface area contributed by atoms with Crippen LogP contribution in [-0.4, -0.2) is 34.0 Å². The number of alkyl carbamates (subject to hydrolysis) is 1. The van der Waals surface area contributed by atoms with Gasteiger partial charge in [-0.1, -0.05) is 17.7 Å². The molecule has 0 radical (unpaired) electrons. The second-order valence-corrected chi connectivity index (χ2v) is 9.05. The normalized spacial score (nSPS) is 13.4. The molecule has 1 heterocycles. The van der Waals surface area contributed by atoms with E-state index < -0.39 is 23.3 Å². The van der Waals surface area contributed by atoms with Crippen LogP contribution in [0.3, 0.4) is 0 Å². The van der Waals surface area contributed by atoms with E-state index in [-0.39, 0.29) is 5.56 Å². The Balaban J connectivity index is 2.49. The van der Waals surface area contributed by atoms with Crippen molar-refractivity contribution in [3.05, 3.63) is 39.4 Å². The number of hydrogen-bond donors (Lipinski definition) is 1. The van der Waals surface area contributed by atoms with E-state index in [4.69, 9.17) is 21.1 Å². The van der Waals surface area contributed by atoms with Crippen LogP contribution in [0.4, 0.5) is 4.79 Å². The molecule has 0 unspecified atom stereocenters. The molecule has 0 aliphatic rings. The predicted octanol–water partition coefficient (Wildman–Crippen LogP) is 4.45. The van der Waals surface area contributed by atoms with Crippen LogP contribution in [0.5, 0.6) is 0 Å². The van der Waals surface area contributed by atoms with Crippen molar-refractivity contribution in [1.82, 2.24) is 14.9 Å². The standard InChI is InChI=1S/C21H30ClN3O4/c1-13(23-19(27)29-20(2,3)4)17-24-15-10-8-9-14(22)16(15)18(26)25(17)12-11-21(5,6)28-7/h8-10,13H,11-12H2,1-7H3,(H,23,27)/t13-/m0/s1. The summed E-state index contributed by atoms with van der Waals surface area (Å²) in [7, 11) is 1.63. The molecule has 0 fully saturated rings. The minimum atomic E-state index is -0.629. The van der Waals surface area contributed by atoms with Gasteiger partial charge in [0.2, 0.25) is 0 Å². The van der Waals surface area contributed by atoms with E-state index in [1.165, 1.54) is 0 Å². The summed E-state index contributed by atoms with van der Waals surface area (Å²) in [6.45, 7) is 11.4. The minimum absolute atomic E-state index is 0.250. The van der Waals surface area contributed by atoms with E-state index in [1.807, 2.05) is 13.8 Å². The van der Waals surface area contributed by atoms with E-state index in [9.17, 15) is 9.59 Å². The number of nitrogens with one attached hydrogen (secondary N) is 1. The van der Waals surface area contributed by atoms with E-state index in [0.29, 0.717) is 34.7 Å². The maximum Gasteiger partial charge on any atom is 0.408 e. The fourth-order valence-electron chi connectivity index (χ4n) is 2.82. The molecule has 0 aliphatic heterocycles. The lowest BCUT2D eigenvalue weighted by molar-refractivity contribution is 0.0115. The number of halogens is 1. The van der Waals surface area contributed by atoms with Crippen LogP contribution in [0, 0.1) is 0 Å². The number of carbonyl (C=O) groups excluding carboxylic acids is 1. The number of hydrogen-bond acceptors (Lipinski definition) is 5. The van der Waals surface area contributed by atoms with Crippen molar-refractivity contribution in [3.63, 3.8) is 0 Å². The zero-order valence-electron chi connectivity index (χ0n) is 18.1. The molecular formula is C21H30ClN3O4. The summed E-state index contributed by atoms with van der Waals surface area (Å²) in [5, 5.41) is 3.47. The third-order valence-corrected chi connectivity index (χ3v) is 4.89. The van der Waals surface area contributed by atoms with Crippen LogP contribution in [0.2, 0.25) is 5.02 Å². The lowest BCUT2D eigenvalue weighted by Gasteiger charge is -2.26. The molecule has 1 atom stereocenters. The quantitative estimate of drug-likeness (QED) is 0.742. The molecule has 2 aromatic rings. The first-order valence-corrected chi connectivity index (χ1v) is 9.96. The van der Waals surface area contributed by atoms with Gasteiger partial charge in [-0.05, 0) is 60.1 Å². The number of methoxy groups -OCH3 is 1. The van der Waals surface area contributed by atoms with E-state index in [0.717, 1.165) is 0 Å². The molecule has 160 valence electrons. The summed E-state index contributed by atoms with van der Waals surface area (Å²) in [5.74, 6) is 0.433. The Bertz CT molecular complexity index is 947. The van der Waals surface area contributed by atoms with Crippen molar-refractivity contribution >= 4 is 28.6 Å². The molecule has 29 heavy (non-hydrogen) atoms. The van der Waals surface area contributed by atoms with Gasteiger partial charge in [0.05, 0.1) is 27.6 Å². The smallest absolute Gasteiger partial charge is 0.408 e. The number of fused-ring (bicyclic) bond motifs is 1.